The molecule has 0 saturated carbocycles. The predicted molar refractivity (Wildman–Crippen MR) is 259 cm³/mol. The zero-order chi connectivity index (χ0) is 50.5. The van der Waals surface area contributed by atoms with Gasteiger partial charge in [-0.25, -0.2) is 4.79 Å². The molecule has 10 N–H and O–H groups in total. The molecular formula is C44H98N5Na2O16P. The number of aliphatic hydroxyl groups excluding tert-OH is 6. The average molecular weight is 1030 g/mol. The van der Waals surface area contributed by atoms with E-state index in [0.29, 0.717) is 0 Å². The van der Waals surface area contributed by atoms with Crippen LogP contribution < -0.4 is 91.2 Å². The van der Waals surface area contributed by atoms with Crippen molar-refractivity contribution in [1.29, 1.82) is 0 Å². The molecule has 9 unspecified atom stereocenters. The summed E-state index contributed by atoms with van der Waals surface area (Å²) in [5.41, 5.74) is 4.44. The number of nitrogens with two attached hydrogens (primary N) is 1. The Morgan fingerprint density at radius 3 is 1.72 bits per heavy atom. The number of hydrogen-bond donors (Lipinski definition) is 9. The third-order valence-electron chi connectivity index (χ3n) is 8.09. The fourth-order valence-electron chi connectivity index (χ4n) is 4.46. The smallest absolute Gasteiger partial charge is 0.756 e. The second kappa shape index (κ2) is 54.2. The first-order chi connectivity index (χ1) is 29.8. The van der Waals surface area contributed by atoms with Crippen LogP contribution in [0.4, 0.5) is 5.82 Å². The Morgan fingerprint density at radius 2 is 1.35 bits per heavy atom. The number of amides is 1. The zero-order valence-electron chi connectivity index (χ0n) is 42.6. The molecule has 2 aliphatic rings. The molecule has 24 heteroatoms. The van der Waals surface area contributed by atoms with E-state index in [4.69, 9.17) is 15.2 Å². The number of carboxylic acids is 1. The zero-order valence-corrected chi connectivity index (χ0v) is 47.5. The average Bonchev–Trinajstić information content (AvgIpc) is 3.57. The van der Waals surface area contributed by atoms with Crippen LogP contribution in [0.2, 0.25) is 0 Å². The number of aromatic nitrogens is 2. The van der Waals surface area contributed by atoms with Crippen LogP contribution in [0.5, 0.6) is 0 Å². The van der Waals surface area contributed by atoms with Gasteiger partial charge in [-0.3, -0.25) is 18.5 Å². The third-order valence-corrected chi connectivity index (χ3v) is 9.07. The van der Waals surface area contributed by atoms with E-state index in [1.807, 2.05) is 55.4 Å². The molecule has 21 nitrogen and oxygen atoms in total. The molecule has 1 aromatic rings. The first kappa shape index (κ1) is 90.2. The van der Waals surface area contributed by atoms with Gasteiger partial charge >= 0.3 is 64.8 Å². The summed E-state index contributed by atoms with van der Waals surface area (Å²) in [6.45, 7) is 26.6. The number of phosphoric acid groups is 1. The maximum atomic E-state index is 12.7. The first-order valence-electron chi connectivity index (χ1n) is 22.3. The van der Waals surface area contributed by atoms with Crippen molar-refractivity contribution in [2.75, 3.05) is 32.5 Å². The molecule has 2 saturated heterocycles. The second-order valence-electron chi connectivity index (χ2n) is 12.7. The van der Waals surface area contributed by atoms with E-state index in [1.165, 1.54) is 51.6 Å². The van der Waals surface area contributed by atoms with Gasteiger partial charge in [-0.2, -0.15) is 4.98 Å². The molecular weight excluding hydrogens is 931 g/mol. The minimum Gasteiger partial charge on any atom is -0.756 e. The monoisotopic (exact) mass is 1030 g/mol. The van der Waals surface area contributed by atoms with Crippen LogP contribution >= 0.6 is 7.82 Å². The number of carbonyl (C=O) groups excluding carboxylic acids is 2. The van der Waals surface area contributed by atoms with Crippen molar-refractivity contribution in [3.05, 3.63) is 22.7 Å². The molecule has 0 spiro atoms. The molecule has 0 radical (unpaired) electrons. The molecule has 0 aromatic carbocycles. The molecule has 2 fully saturated rings. The van der Waals surface area contributed by atoms with Crippen molar-refractivity contribution in [2.45, 2.75) is 225 Å². The molecule has 2 aliphatic heterocycles. The molecule has 3 rings (SSSR count). The summed E-state index contributed by atoms with van der Waals surface area (Å²) >= 11 is 0. The van der Waals surface area contributed by atoms with Gasteiger partial charge in [0.25, 0.3) is 7.82 Å². The summed E-state index contributed by atoms with van der Waals surface area (Å²) in [7, 11) is -4.42. The number of nitrogen functional groups attached to an aromatic ring is 1. The van der Waals surface area contributed by atoms with E-state index >= 15 is 0 Å². The van der Waals surface area contributed by atoms with Gasteiger partial charge in [0.1, 0.15) is 48.4 Å². The predicted octanol–water partition coefficient (Wildman–Crippen LogP) is -2.60. The minimum absolute atomic E-state index is 0. The van der Waals surface area contributed by atoms with Crippen molar-refractivity contribution < 1.29 is 132 Å². The van der Waals surface area contributed by atoms with E-state index in [0.717, 1.165) is 10.8 Å². The third kappa shape index (κ3) is 34.7. The number of aliphatic carboxylic acids is 1. The van der Waals surface area contributed by atoms with Crippen LogP contribution in [-0.4, -0.2) is 133 Å². The SMILES string of the molecule is C.C.C.CC.CC.CC.CC.CCCC.CCCC.CCCC.CNCC(=O)NC1C(O)CC(OP(=O)([O-])OCC2OC(n3ccc(N)nc3=O)C(O)C2O)(C(=O)[O-])OC1[C@H](O)[C@H](O)CO.[Na+].[Na+]. The number of nitrogens with zero attached hydrogens (tertiary/aromatic N) is 2. The fraction of sp³-hybridized carbons (Fsp3) is 0.864. The van der Waals surface area contributed by atoms with Crippen LogP contribution in [0, 0.1) is 0 Å². The van der Waals surface area contributed by atoms with Gasteiger partial charge in [-0.15, -0.1) is 0 Å². The van der Waals surface area contributed by atoms with Crippen molar-refractivity contribution >= 4 is 25.5 Å². The topological polar surface area (TPSA) is 341 Å². The van der Waals surface area contributed by atoms with Crippen LogP contribution in [-0.2, 0) is 32.7 Å². The molecule has 68 heavy (non-hydrogen) atoms. The Bertz CT molecular complexity index is 1370. The van der Waals surface area contributed by atoms with E-state index in [1.54, 1.807) is 0 Å². The molecule has 1 amide bonds. The standard InChI is InChI=1S/C21H34N5O16P.3C4H10.4C2H6.3CH4.2Na/c1-23-5-12(30)25-13-8(28)4-21(19(34)35,41-17(13)14(31)9(29)6-27)42-43(37,38)39-7-10-15(32)16(33)18(40-10)26-3-2-11(22)24-20(26)36;3*1-3-4-2;4*1-2;;;;;/h2-3,8-10,13-18,23,27-29,31-33H,4-7H2,1H3,(H,25,30)(H,34,35)(H,37,38)(H2,22,24,36);3*3-4H2,1-2H3;4*1-2H3;3*1H4;;/q;;;;;;;;;;;2*+1/p-2/t8?,9-,10?,13?,14-,15?,16?,17?,18?,21?;;;;;;;;;;;;/m1............/s1. The molecule has 0 bridgehead atoms. The number of ether oxygens (including phenoxy) is 2. The maximum absolute atomic E-state index is 12.7. The second-order valence-corrected chi connectivity index (χ2v) is 14.0. The molecule has 11 atom stereocenters. The van der Waals surface area contributed by atoms with Crippen LogP contribution in [0.1, 0.15) is 170 Å². The summed E-state index contributed by atoms with van der Waals surface area (Å²) in [6, 6.07) is -0.460. The summed E-state index contributed by atoms with van der Waals surface area (Å²) in [6.07, 6.45) is -7.33. The van der Waals surface area contributed by atoms with Gasteiger partial charge in [-0.1, -0.05) is 158 Å². The largest absolute Gasteiger partial charge is 1.00 e. The molecule has 3 heterocycles. The van der Waals surface area contributed by atoms with E-state index in [2.05, 4.69) is 66.2 Å². The number of nitrogens with one attached hydrogen (secondary N) is 2. The quantitative estimate of drug-likeness (QED) is 0.0606. The maximum Gasteiger partial charge on any atom is 1.00 e. The number of phosphoric ester groups is 1. The van der Waals surface area contributed by atoms with Crippen molar-refractivity contribution in [3.8, 4) is 0 Å². The molecule has 1 aromatic heterocycles. The number of unbranched alkanes of at least 4 members (excludes halogenated alkanes) is 3. The summed E-state index contributed by atoms with van der Waals surface area (Å²) < 4.78 is 33.3. The molecule has 0 aliphatic carbocycles. The van der Waals surface area contributed by atoms with Gasteiger partial charge in [0.05, 0.1) is 31.9 Å². The van der Waals surface area contributed by atoms with Crippen molar-refractivity contribution in [1.82, 2.24) is 20.2 Å². The Balaban J connectivity index is -0.000000145. The van der Waals surface area contributed by atoms with Gasteiger partial charge in [0.15, 0.2) is 6.23 Å². The summed E-state index contributed by atoms with van der Waals surface area (Å²) in [5, 5.41) is 77.8. The molecule has 402 valence electrons. The van der Waals surface area contributed by atoms with Crippen LogP contribution in [0.25, 0.3) is 0 Å². The van der Waals surface area contributed by atoms with Gasteiger partial charge in [0.2, 0.25) is 11.7 Å². The van der Waals surface area contributed by atoms with Crippen LogP contribution in [0.15, 0.2) is 17.1 Å². The summed E-state index contributed by atoms with van der Waals surface area (Å²) in [5.74, 6) is -6.72. The van der Waals surface area contributed by atoms with Crippen molar-refractivity contribution in [2.24, 2.45) is 0 Å². The Morgan fingerprint density at radius 1 is 0.912 bits per heavy atom. The van der Waals surface area contributed by atoms with E-state index in [9.17, 15) is 59.6 Å². The Kier molecular flexibility index (Phi) is 71.8. The summed E-state index contributed by atoms with van der Waals surface area (Å²) in [4.78, 5) is 52.5. The van der Waals surface area contributed by atoms with Gasteiger partial charge in [0, 0.05) is 12.6 Å². The first-order valence-corrected chi connectivity index (χ1v) is 23.8. The van der Waals surface area contributed by atoms with E-state index in [-0.39, 0.29) is 93.8 Å². The number of rotatable bonds is 16. The minimum atomic E-state index is -5.83. The van der Waals surface area contributed by atoms with Gasteiger partial charge < -0.3 is 75.8 Å². The van der Waals surface area contributed by atoms with Gasteiger partial charge in [-0.05, 0) is 13.1 Å². The number of hydrogen-bond acceptors (Lipinski definition) is 19. The van der Waals surface area contributed by atoms with Crippen LogP contribution in [0.3, 0.4) is 0 Å². The number of aliphatic hydroxyl groups is 6. The van der Waals surface area contributed by atoms with Crippen molar-refractivity contribution in [3.63, 3.8) is 0 Å². The normalized spacial score (nSPS) is 23.1. The Hall–Kier alpha value is -0.630. The number of anilines is 1. The van der Waals surface area contributed by atoms with E-state index < -0.39 is 106 Å². The number of likely N-dealkylation sites (N-methyl/N-ethyl adjacent to an activating group) is 1. The fourth-order valence-corrected chi connectivity index (χ4v) is 5.40. The number of carbonyl (C=O) groups is 2. The number of carboxylic acid groups (broad SMARTS) is 1. The Labute approximate surface area is 455 Å².